The number of carbonyl (C=O) groups excluding carboxylic acids is 2. The lowest BCUT2D eigenvalue weighted by atomic mass is 9.83. The van der Waals surface area contributed by atoms with Crippen molar-refractivity contribution in [2.75, 3.05) is 6.54 Å². The predicted molar refractivity (Wildman–Crippen MR) is 83.6 cm³/mol. The fraction of sp³-hybridized carbons (Fsp3) is 0.556. The molecule has 0 radical (unpaired) electrons. The van der Waals surface area contributed by atoms with Gasteiger partial charge in [0.1, 0.15) is 18.1 Å². The summed E-state index contributed by atoms with van der Waals surface area (Å²) in [5, 5.41) is 13.2. The predicted octanol–water partition coefficient (Wildman–Crippen LogP) is 2.99. The minimum absolute atomic E-state index is 0.0314. The summed E-state index contributed by atoms with van der Waals surface area (Å²) in [6, 6.07) is 9.92. The first-order chi connectivity index (χ1) is 10.5. The van der Waals surface area contributed by atoms with Gasteiger partial charge in [-0.2, -0.15) is 0 Å². The Labute approximate surface area is 131 Å². The van der Waals surface area contributed by atoms with Gasteiger partial charge in [0, 0.05) is 37.7 Å². The van der Waals surface area contributed by atoms with Crippen LogP contribution in [0.15, 0.2) is 30.3 Å². The summed E-state index contributed by atoms with van der Waals surface area (Å²) in [5.41, 5.74) is 1.07. The molecule has 4 nitrogen and oxygen atoms in total. The van der Waals surface area contributed by atoms with Crippen molar-refractivity contribution in [2.45, 2.75) is 51.1 Å². The number of likely N-dealkylation sites (tertiary alicyclic amines) is 1. The van der Waals surface area contributed by atoms with Gasteiger partial charge in [0.15, 0.2) is 0 Å². The van der Waals surface area contributed by atoms with E-state index in [1.54, 1.807) is 0 Å². The lowest BCUT2D eigenvalue weighted by Crippen LogP contribution is -2.46. The summed E-state index contributed by atoms with van der Waals surface area (Å²) in [6.45, 7) is 1.15. The number of hydroxylamine groups is 3. The fourth-order valence-electron chi connectivity index (χ4n) is 4.05. The molecule has 1 aliphatic heterocycles. The van der Waals surface area contributed by atoms with Crippen LogP contribution in [0.2, 0.25) is 0 Å². The lowest BCUT2D eigenvalue weighted by molar-refractivity contribution is -0.906. The zero-order valence-corrected chi connectivity index (χ0v) is 12.9. The van der Waals surface area contributed by atoms with Crippen LogP contribution in [0.25, 0.3) is 0 Å². The largest absolute Gasteiger partial charge is 0.632 e. The van der Waals surface area contributed by atoms with E-state index in [1.165, 1.54) is 0 Å². The van der Waals surface area contributed by atoms with Crippen LogP contribution in [-0.2, 0) is 16.1 Å². The molecular formula is C18H23NO3. The Bertz CT molecular complexity index is 541. The number of ketones is 2. The molecule has 4 heteroatoms. The highest BCUT2D eigenvalue weighted by Gasteiger charge is 2.38. The molecule has 22 heavy (non-hydrogen) atoms. The first-order valence-electron chi connectivity index (χ1n) is 8.20. The number of benzene rings is 1. The van der Waals surface area contributed by atoms with Gasteiger partial charge in [0.2, 0.25) is 0 Å². The molecule has 1 aromatic carbocycles. The van der Waals surface area contributed by atoms with Crippen LogP contribution < -0.4 is 0 Å². The Hall–Kier alpha value is -1.52. The summed E-state index contributed by atoms with van der Waals surface area (Å²) in [7, 11) is 0. The molecule has 3 rings (SSSR count). The number of quaternary nitrogens is 1. The van der Waals surface area contributed by atoms with Crippen LogP contribution in [0.1, 0.15) is 44.1 Å². The Morgan fingerprint density at radius 2 is 1.77 bits per heavy atom. The van der Waals surface area contributed by atoms with Gasteiger partial charge in [-0.05, 0) is 5.92 Å². The fourth-order valence-corrected chi connectivity index (χ4v) is 4.05. The average Bonchev–Trinajstić information content (AvgIpc) is 2.79. The van der Waals surface area contributed by atoms with Crippen LogP contribution in [0.3, 0.4) is 0 Å². The maximum Gasteiger partial charge on any atom is 0.140 e. The number of Topliss-reactive ketones (excluding diaryl/α,β-unsaturated/α-hetero) is 2. The normalized spacial score (nSPS) is 30.0. The van der Waals surface area contributed by atoms with Gasteiger partial charge in [0.05, 0.1) is 19.0 Å². The zero-order valence-electron chi connectivity index (χ0n) is 12.9. The van der Waals surface area contributed by atoms with Crippen molar-refractivity contribution in [2.24, 2.45) is 5.92 Å². The second kappa shape index (κ2) is 6.31. The van der Waals surface area contributed by atoms with Crippen molar-refractivity contribution in [3.8, 4) is 0 Å². The highest BCUT2D eigenvalue weighted by atomic mass is 16.5. The van der Waals surface area contributed by atoms with Crippen molar-refractivity contribution in [1.29, 1.82) is 0 Å². The van der Waals surface area contributed by atoms with Gasteiger partial charge in [-0.3, -0.25) is 9.59 Å². The lowest BCUT2D eigenvalue weighted by Gasteiger charge is -2.45. The van der Waals surface area contributed by atoms with Gasteiger partial charge in [-0.25, -0.2) is 0 Å². The van der Waals surface area contributed by atoms with E-state index in [4.69, 9.17) is 0 Å². The molecule has 2 aliphatic rings. The van der Waals surface area contributed by atoms with E-state index < -0.39 is 0 Å². The smallest absolute Gasteiger partial charge is 0.140 e. The average molecular weight is 301 g/mol. The second-order valence-electron chi connectivity index (χ2n) is 6.88. The molecule has 0 N–H and O–H groups in total. The number of rotatable bonds is 4. The Balaban J connectivity index is 1.67. The Morgan fingerprint density at radius 3 is 2.45 bits per heavy atom. The van der Waals surface area contributed by atoms with Crippen molar-refractivity contribution in [1.82, 2.24) is 0 Å². The van der Waals surface area contributed by atoms with Crippen molar-refractivity contribution in [3.63, 3.8) is 0 Å². The van der Waals surface area contributed by atoms with E-state index in [9.17, 15) is 14.8 Å². The molecule has 2 unspecified atom stereocenters. The summed E-state index contributed by atoms with van der Waals surface area (Å²) < 4.78 is -0.192. The van der Waals surface area contributed by atoms with Gasteiger partial charge in [0.25, 0.3) is 0 Å². The van der Waals surface area contributed by atoms with Crippen LogP contribution in [0.5, 0.6) is 0 Å². The third-order valence-electron chi connectivity index (χ3n) is 5.06. The van der Waals surface area contributed by atoms with E-state index in [1.807, 2.05) is 30.3 Å². The summed E-state index contributed by atoms with van der Waals surface area (Å²) >= 11 is 0. The highest BCUT2D eigenvalue weighted by Crippen LogP contribution is 2.35. The highest BCUT2D eigenvalue weighted by molar-refractivity contribution is 6.01. The van der Waals surface area contributed by atoms with Crippen molar-refractivity contribution < 1.29 is 14.2 Å². The van der Waals surface area contributed by atoms with E-state index in [0.29, 0.717) is 32.4 Å². The maximum absolute atomic E-state index is 13.2. The van der Waals surface area contributed by atoms with E-state index in [0.717, 1.165) is 18.4 Å². The SMILES string of the molecule is O=C1CC(=O)CC(CC2CCC[N+]2([O-])Cc2ccccc2)C1. The molecule has 0 aromatic heterocycles. The molecule has 1 aliphatic carbocycles. The van der Waals surface area contributed by atoms with E-state index in [2.05, 4.69) is 0 Å². The van der Waals surface area contributed by atoms with Crippen LogP contribution >= 0.6 is 0 Å². The first kappa shape index (κ1) is 15.4. The van der Waals surface area contributed by atoms with E-state index in [-0.39, 0.29) is 34.6 Å². The Morgan fingerprint density at radius 1 is 1.09 bits per heavy atom. The minimum Gasteiger partial charge on any atom is -0.632 e. The topological polar surface area (TPSA) is 57.2 Å². The van der Waals surface area contributed by atoms with Gasteiger partial charge < -0.3 is 9.85 Å². The number of carbonyl (C=O) groups is 2. The van der Waals surface area contributed by atoms with Gasteiger partial charge in [-0.1, -0.05) is 30.3 Å². The quantitative estimate of drug-likeness (QED) is 0.488. The van der Waals surface area contributed by atoms with Crippen molar-refractivity contribution >= 4 is 11.6 Å². The number of nitrogens with zero attached hydrogens (tertiary/aromatic N) is 1. The molecule has 0 bridgehead atoms. The summed E-state index contributed by atoms with van der Waals surface area (Å²) in [6.07, 6.45) is 3.63. The number of hydrogen-bond donors (Lipinski definition) is 0. The minimum atomic E-state index is -0.192. The zero-order chi connectivity index (χ0) is 15.6. The molecule has 0 spiro atoms. The molecule has 1 heterocycles. The molecule has 2 fully saturated rings. The van der Waals surface area contributed by atoms with E-state index >= 15 is 0 Å². The molecule has 1 aromatic rings. The van der Waals surface area contributed by atoms with Gasteiger partial charge >= 0.3 is 0 Å². The monoisotopic (exact) mass is 301 g/mol. The summed E-state index contributed by atoms with van der Waals surface area (Å²) in [4.78, 5) is 23.2. The first-order valence-corrected chi connectivity index (χ1v) is 8.20. The van der Waals surface area contributed by atoms with Crippen LogP contribution in [0.4, 0.5) is 0 Å². The molecule has 1 saturated carbocycles. The van der Waals surface area contributed by atoms with Crippen LogP contribution in [0, 0.1) is 11.1 Å². The number of hydrogen-bond acceptors (Lipinski definition) is 3. The van der Waals surface area contributed by atoms with Crippen molar-refractivity contribution in [3.05, 3.63) is 41.1 Å². The third kappa shape index (κ3) is 3.45. The molecule has 1 saturated heterocycles. The Kier molecular flexibility index (Phi) is 4.41. The third-order valence-corrected chi connectivity index (χ3v) is 5.06. The second-order valence-corrected chi connectivity index (χ2v) is 6.88. The van der Waals surface area contributed by atoms with Gasteiger partial charge in [-0.15, -0.1) is 0 Å². The van der Waals surface area contributed by atoms with Crippen LogP contribution in [-0.4, -0.2) is 28.8 Å². The molecular weight excluding hydrogens is 278 g/mol. The molecule has 118 valence electrons. The molecule has 0 amide bonds. The maximum atomic E-state index is 13.2. The standard InChI is InChI=1S/C18H23NO3/c20-17-10-15(11-18(21)12-17)9-16-7-4-8-19(16,22)13-14-5-2-1-3-6-14/h1-3,5-6,15-16H,4,7-13H2. The molecule has 2 atom stereocenters. The summed E-state index contributed by atoms with van der Waals surface area (Å²) in [5.74, 6) is 0.177.